The summed E-state index contributed by atoms with van der Waals surface area (Å²) in [6.45, 7) is 9.02. The summed E-state index contributed by atoms with van der Waals surface area (Å²) >= 11 is 1.56. The summed E-state index contributed by atoms with van der Waals surface area (Å²) in [7, 11) is 0. The van der Waals surface area contributed by atoms with Crippen LogP contribution < -0.4 is 15.7 Å². The Bertz CT molecular complexity index is 976. The van der Waals surface area contributed by atoms with E-state index >= 15 is 0 Å². The SMILES string of the molecule is CCc1cc2c(C)cc(=O)oc2cc1OC(=O)[C@H](CCSC)NC(=O)OC(C)(C)C. The lowest BCUT2D eigenvalue weighted by Crippen LogP contribution is -2.45. The van der Waals surface area contributed by atoms with Crippen LogP contribution in [-0.2, 0) is 16.0 Å². The third-order valence-electron chi connectivity index (χ3n) is 4.31. The molecule has 0 unspecified atom stereocenters. The van der Waals surface area contributed by atoms with Gasteiger partial charge in [0.1, 0.15) is 23.0 Å². The van der Waals surface area contributed by atoms with E-state index in [1.54, 1.807) is 38.6 Å². The summed E-state index contributed by atoms with van der Waals surface area (Å²) in [5.74, 6) is 0.366. The average Bonchev–Trinajstić information content (AvgIpc) is 2.62. The number of hydrogen-bond acceptors (Lipinski definition) is 7. The van der Waals surface area contributed by atoms with Gasteiger partial charge in [-0.25, -0.2) is 14.4 Å². The minimum Gasteiger partial charge on any atom is -0.444 e. The first-order chi connectivity index (χ1) is 14.0. The van der Waals surface area contributed by atoms with Gasteiger partial charge in [0.15, 0.2) is 0 Å². The van der Waals surface area contributed by atoms with Crippen molar-refractivity contribution in [1.82, 2.24) is 5.32 Å². The molecular weight excluding hydrogens is 406 g/mol. The van der Waals surface area contributed by atoms with Crippen LogP contribution in [0.5, 0.6) is 5.75 Å². The van der Waals surface area contributed by atoms with Crippen LogP contribution in [0, 0.1) is 6.92 Å². The van der Waals surface area contributed by atoms with Crippen molar-refractivity contribution in [2.45, 2.75) is 59.1 Å². The van der Waals surface area contributed by atoms with E-state index < -0.39 is 29.3 Å². The Morgan fingerprint density at radius 3 is 2.53 bits per heavy atom. The van der Waals surface area contributed by atoms with Gasteiger partial charge in [0, 0.05) is 17.5 Å². The second kappa shape index (κ2) is 10.0. The minimum absolute atomic E-state index is 0.309. The minimum atomic E-state index is -0.864. The maximum atomic E-state index is 12.9. The quantitative estimate of drug-likeness (QED) is 0.395. The summed E-state index contributed by atoms with van der Waals surface area (Å²) in [6, 6.07) is 3.97. The van der Waals surface area contributed by atoms with Gasteiger partial charge in [-0.3, -0.25) is 0 Å². The first kappa shape index (κ1) is 23.8. The van der Waals surface area contributed by atoms with Crippen LogP contribution in [0.15, 0.2) is 27.4 Å². The average molecular weight is 436 g/mol. The van der Waals surface area contributed by atoms with Crippen molar-refractivity contribution in [3.05, 3.63) is 39.7 Å². The van der Waals surface area contributed by atoms with Gasteiger partial charge in [0.25, 0.3) is 0 Å². The fraction of sp³-hybridized carbons (Fsp3) is 0.500. The molecule has 0 aliphatic rings. The van der Waals surface area contributed by atoms with Crippen molar-refractivity contribution in [3.63, 3.8) is 0 Å². The van der Waals surface area contributed by atoms with Crippen molar-refractivity contribution in [2.75, 3.05) is 12.0 Å². The second-order valence-corrected chi connectivity index (χ2v) is 8.95. The summed E-state index contributed by atoms with van der Waals surface area (Å²) in [5, 5.41) is 3.39. The van der Waals surface area contributed by atoms with Crippen LogP contribution in [0.4, 0.5) is 4.79 Å². The van der Waals surface area contributed by atoms with E-state index in [1.165, 1.54) is 6.07 Å². The van der Waals surface area contributed by atoms with E-state index in [-0.39, 0.29) is 0 Å². The van der Waals surface area contributed by atoms with E-state index in [0.717, 1.165) is 16.5 Å². The van der Waals surface area contributed by atoms with E-state index in [1.807, 2.05) is 26.2 Å². The molecule has 0 radical (unpaired) electrons. The number of ether oxygens (including phenoxy) is 2. The summed E-state index contributed by atoms with van der Waals surface area (Å²) in [5.41, 5.74) is 0.792. The van der Waals surface area contributed by atoms with Crippen LogP contribution in [0.2, 0.25) is 0 Å². The first-order valence-electron chi connectivity index (χ1n) is 9.81. The Kier molecular flexibility index (Phi) is 7.95. The summed E-state index contributed by atoms with van der Waals surface area (Å²) in [6.07, 6.45) is 2.24. The Morgan fingerprint density at radius 1 is 1.23 bits per heavy atom. The molecule has 1 amide bonds. The number of hydrogen-bond donors (Lipinski definition) is 1. The smallest absolute Gasteiger partial charge is 0.408 e. The fourth-order valence-corrected chi connectivity index (χ4v) is 3.35. The van der Waals surface area contributed by atoms with Gasteiger partial charge in [-0.1, -0.05) is 6.92 Å². The van der Waals surface area contributed by atoms with Crippen LogP contribution in [0.3, 0.4) is 0 Å². The number of fused-ring (bicyclic) bond motifs is 1. The molecule has 0 spiro atoms. The molecule has 1 N–H and O–H groups in total. The maximum absolute atomic E-state index is 12.9. The van der Waals surface area contributed by atoms with Crippen molar-refractivity contribution in [1.29, 1.82) is 0 Å². The lowest BCUT2D eigenvalue weighted by Gasteiger charge is -2.23. The van der Waals surface area contributed by atoms with Crippen molar-refractivity contribution >= 4 is 34.8 Å². The molecule has 0 aliphatic carbocycles. The van der Waals surface area contributed by atoms with E-state index in [9.17, 15) is 14.4 Å². The number of rotatable bonds is 7. The highest BCUT2D eigenvalue weighted by molar-refractivity contribution is 7.98. The molecule has 1 heterocycles. The molecule has 1 aromatic heterocycles. The van der Waals surface area contributed by atoms with Gasteiger partial charge >= 0.3 is 17.7 Å². The zero-order chi connectivity index (χ0) is 22.5. The van der Waals surface area contributed by atoms with Gasteiger partial charge in [-0.15, -0.1) is 0 Å². The molecule has 0 bridgehead atoms. The molecule has 2 aromatic rings. The molecule has 0 aliphatic heterocycles. The zero-order valence-corrected chi connectivity index (χ0v) is 19.1. The predicted octanol–water partition coefficient (Wildman–Crippen LogP) is 4.22. The number of thioether (sulfide) groups is 1. The standard InChI is InChI=1S/C22H29NO6S/c1-7-14-11-15-13(2)10-19(24)27-18(15)12-17(14)28-20(25)16(8-9-30-6)23-21(26)29-22(3,4)5/h10-12,16H,7-9H2,1-6H3,(H,23,26)/t16-/m0/s1. The van der Waals surface area contributed by atoms with Crippen LogP contribution in [-0.4, -0.2) is 35.7 Å². The second-order valence-electron chi connectivity index (χ2n) is 7.96. The number of carbonyl (C=O) groups excluding carboxylic acids is 2. The Hall–Kier alpha value is -2.48. The molecule has 30 heavy (non-hydrogen) atoms. The number of amides is 1. The summed E-state index contributed by atoms with van der Waals surface area (Å²) < 4.78 is 16.2. The molecule has 1 aromatic carbocycles. The Morgan fingerprint density at radius 2 is 1.93 bits per heavy atom. The van der Waals surface area contributed by atoms with Crippen LogP contribution >= 0.6 is 11.8 Å². The van der Waals surface area contributed by atoms with Gasteiger partial charge in [0.2, 0.25) is 0 Å². The topological polar surface area (TPSA) is 94.8 Å². The third-order valence-corrected chi connectivity index (χ3v) is 4.95. The van der Waals surface area contributed by atoms with Crippen molar-refractivity contribution in [2.24, 2.45) is 0 Å². The Labute approximate surface area is 180 Å². The molecular formula is C22H29NO6S. The van der Waals surface area contributed by atoms with Gasteiger partial charge in [0.05, 0.1) is 0 Å². The molecule has 164 valence electrons. The number of aryl methyl sites for hydroxylation is 2. The molecule has 1 atom stereocenters. The first-order valence-corrected chi connectivity index (χ1v) is 11.2. The largest absolute Gasteiger partial charge is 0.444 e. The van der Waals surface area contributed by atoms with E-state index in [4.69, 9.17) is 13.9 Å². The number of carbonyl (C=O) groups is 2. The number of alkyl carbamates (subject to hydrolysis) is 1. The molecule has 2 rings (SSSR count). The van der Waals surface area contributed by atoms with E-state index in [0.29, 0.717) is 29.9 Å². The monoisotopic (exact) mass is 435 g/mol. The molecule has 8 heteroatoms. The van der Waals surface area contributed by atoms with Gasteiger partial charge < -0.3 is 19.2 Å². The van der Waals surface area contributed by atoms with Crippen LogP contribution in [0.1, 0.15) is 45.2 Å². The van der Waals surface area contributed by atoms with E-state index in [2.05, 4.69) is 5.32 Å². The lowest BCUT2D eigenvalue weighted by atomic mass is 10.1. The summed E-state index contributed by atoms with van der Waals surface area (Å²) in [4.78, 5) is 36.7. The predicted molar refractivity (Wildman–Crippen MR) is 118 cm³/mol. The van der Waals surface area contributed by atoms with Crippen LogP contribution in [0.25, 0.3) is 11.0 Å². The molecule has 0 fully saturated rings. The van der Waals surface area contributed by atoms with Gasteiger partial charge in [-0.2, -0.15) is 11.8 Å². The molecule has 0 saturated carbocycles. The fourth-order valence-electron chi connectivity index (χ4n) is 2.88. The van der Waals surface area contributed by atoms with Crippen molar-refractivity contribution in [3.8, 4) is 5.75 Å². The highest BCUT2D eigenvalue weighted by Gasteiger charge is 2.26. The third kappa shape index (κ3) is 6.52. The van der Waals surface area contributed by atoms with Gasteiger partial charge in [-0.05, 0) is 69.7 Å². The number of nitrogens with one attached hydrogen (secondary N) is 1. The lowest BCUT2D eigenvalue weighted by molar-refractivity contribution is -0.136. The zero-order valence-electron chi connectivity index (χ0n) is 18.3. The number of esters is 1. The molecule has 0 saturated heterocycles. The maximum Gasteiger partial charge on any atom is 0.408 e. The Balaban J connectivity index is 2.30. The normalized spacial score (nSPS) is 12.5. The highest BCUT2D eigenvalue weighted by atomic mass is 32.2. The number of benzene rings is 1. The highest BCUT2D eigenvalue weighted by Crippen LogP contribution is 2.28. The molecule has 7 nitrogen and oxygen atoms in total. The van der Waals surface area contributed by atoms with Crippen molar-refractivity contribution < 1.29 is 23.5 Å².